The molecule has 2 rings (SSSR count). The fourth-order valence-electron chi connectivity index (χ4n) is 2.31. The molecule has 1 heterocycles. The third-order valence-electron chi connectivity index (χ3n) is 3.88. The van der Waals surface area contributed by atoms with Crippen molar-refractivity contribution < 1.29 is 19.1 Å². The number of ether oxygens (including phenoxy) is 1. The molecule has 1 amide bonds. The van der Waals surface area contributed by atoms with Crippen LogP contribution in [0.2, 0.25) is 0 Å². The Morgan fingerprint density at radius 2 is 1.69 bits per heavy atom. The number of ketones is 1. The highest BCUT2D eigenvalue weighted by molar-refractivity contribution is 7.14. The van der Waals surface area contributed by atoms with Gasteiger partial charge in [-0.05, 0) is 44.0 Å². The van der Waals surface area contributed by atoms with Gasteiger partial charge < -0.3 is 10.1 Å². The number of benzene rings is 1. The van der Waals surface area contributed by atoms with Gasteiger partial charge in [0.1, 0.15) is 6.04 Å². The number of hydrogen-bond donors (Lipinski definition) is 1. The molecule has 0 aliphatic rings. The van der Waals surface area contributed by atoms with Crippen molar-refractivity contribution in [3.63, 3.8) is 0 Å². The Balaban J connectivity index is 1.97. The molecule has 26 heavy (non-hydrogen) atoms. The Hall–Kier alpha value is -2.47. The van der Waals surface area contributed by atoms with Crippen molar-refractivity contribution >= 4 is 29.0 Å². The average molecular weight is 373 g/mol. The lowest BCUT2D eigenvalue weighted by atomic mass is 10.0. The number of nitrogens with one attached hydrogen (secondary N) is 1. The van der Waals surface area contributed by atoms with E-state index in [0.717, 1.165) is 10.4 Å². The van der Waals surface area contributed by atoms with Crippen molar-refractivity contribution in [1.82, 2.24) is 5.32 Å². The number of amides is 1. The van der Waals surface area contributed by atoms with Crippen LogP contribution in [0.5, 0.6) is 0 Å². The lowest BCUT2D eigenvalue weighted by molar-refractivity contribution is -0.145. The van der Waals surface area contributed by atoms with Crippen molar-refractivity contribution in [2.45, 2.75) is 33.7 Å². The Kier molecular flexibility index (Phi) is 6.69. The van der Waals surface area contributed by atoms with Crippen LogP contribution in [0, 0.1) is 19.8 Å². The summed E-state index contributed by atoms with van der Waals surface area (Å²) in [5.41, 5.74) is 1.52. The van der Waals surface area contributed by atoms with Crippen LogP contribution < -0.4 is 5.32 Å². The number of carbonyl (C=O) groups excluding carboxylic acids is 3. The molecule has 0 saturated heterocycles. The Labute approximate surface area is 157 Å². The van der Waals surface area contributed by atoms with E-state index in [2.05, 4.69) is 5.32 Å². The third kappa shape index (κ3) is 5.26. The number of esters is 1. The summed E-state index contributed by atoms with van der Waals surface area (Å²) in [5.74, 6) is -1.37. The number of rotatable bonds is 7. The quantitative estimate of drug-likeness (QED) is 0.595. The van der Waals surface area contributed by atoms with E-state index in [9.17, 15) is 14.4 Å². The second-order valence-corrected chi connectivity index (χ2v) is 7.79. The first kappa shape index (κ1) is 19.8. The van der Waals surface area contributed by atoms with Gasteiger partial charge in [0.15, 0.2) is 6.61 Å². The van der Waals surface area contributed by atoms with Gasteiger partial charge in [-0.15, -0.1) is 11.3 Å². The zero-order valence-electron chi connectivity index (χ0n) is 15.4. The topological polar surface area (TPSA) is 72.5 Å². The monoisotopic (exact) mass is 373 g/mol. The smallest absolute Gasteiger partial charge is 0.329 e. The van der Waals surface area contributed by atoms with Gasteiger partial charge in [-0.25, -0.2) is 4.79 Å². The standard InChI is InChI=1S/C20H23NO4S/c1-12(2)18(21-19(23)15-8-5-13(3)6-9-15)20(24)25-11-16(22)17-10-7-14(4)26-17/h5-10,12,18H,11H2,1-4H3,(H,21,23). The summed E-state index contributed by atoms with van der Waals surface area (Å²) in [7, 11) is 0. The van der Waals surface area contributed by atoms with E-state index in [1.807, 2.05) is 45.9 Å². The second kappa shape index (κ2) is 8.76. The van der Waals surface area contributed by atoms with Crippen molar-refractivity contribution in [3.05, 3.63) is 57.3 Å². The van der Waals surface area contributed by atoms with Gasteiger partial charge in [0.2, 0.25) is 5.78 Å². The van der Waals surface area contributed by atoms with Gasteiger partial charge in [0.25, 0.3) is 5.91 Å². The van der Waals surface area contributed by atoms with E-state index < -0.39 is 12.0 Å². The Morgan fingerprint density at radius 3 is 2.23 bits per heavy atom. The molecular weight excluding hydrogens is 350 g/mol. The van der Waals surface area contributed by atoms with E-state index in [1.54, 1.807) is 18.2 Å². The fraction of sp³-hybridized carbons (Fsp3) is 0.350. The average Bonchev–Trinajstić information content (AvgIpc) is 3.04. The molecule has 0 spiro atoms. The first-order valence-corrected chi connectivity index (χ1v) is 9.23. The zero-order chi connectivity index (χ0) is 19.3. The van der Waals surface area contributed by atoms with Gasteiger partial charge in [0.05, 0.1) is 4.88 Å². The highest BCUT2D eigenvalue weighted by Gasteiger charge is 2.27. The van der Waals surface area contributed by atoms with E-state index >= 15 is 0 Å². The van der Waals surface area contributed by atoms with Crippen molar-refractivity contribution in [2.75, 3.05) is 6.61 Å². The van der Waals surface area contributed by atoms with Crippen LogP contribution in [-0.4, -0.2) is 30.3 Å². The van der Waals surface area contributed by atoms with Crippen molar-refractivity contribution in [2.24, 2.45) is 5.92 Å². The maximum absolute atomic E-state index is 12.4. The number of Topliss-reactive ketones (excluding diaryl/α,β-unsaturated/α-hetero) is 1. The number of carbonyl (C=O) groups is 3. The highest BCUT2D eigenvalue weighted by atomic mass is 32.1. The molecule has 2 aromatic rings. The van der Waals surface area contributed by atoms with Gasteiger partial charge >= 0.3 is 5.97 Å². The lowest BCUT2D eigenvalue weighted by Crippen LogP contribution is -2.45. The van der Waals surface area contributed by atoms with Crippen LogP contribution in [0.15, 0.2) is 36.4 Å². The van der Waals surface area contributed by atoms with Gasteiger partial charge in [0, 0.05) is 10.4 Å². The number of thiophene rings is 1. The van der Waals surface area contributed by atoms with Gasteiger partial charge in [-0.3, -0.25) is 9.59 Å². The summed E-state index contributed by atoms with van der Waals surface area (Å²) < 4.78 is 5.15. The van der Waals surface area contributed by atoms with Crippen molar-refractivity contribution in [3.8, 4) is 0 Å². The van der Waals surface area contributed by atoms with Crippen LogP contribution in [0.1, 0.15) is 44.3 Å². The predicted octanol–water partition coefficient (Wildman–Crippen LogP) is 3.55. The molecule has 0 fully saturated rings. The normalized spacial score (nSPS) is 11.9. The van der Waals surface area contributed by atoms with E-state index in [-0.39, 0.29) is 24.2 Å². The molecule has 0 aliphatic carbocycles. The third-order valence-corrected chi connectivity index (χ3v) is 4.92. The summed E-state index contributed by atoms with van der Waals surface area (Å²) in [6.07, 6.45) is 0. The van der Waals surface area contributed by atoms with E-state index in [1.165, 1.54) is 11.3 Å². The minimum absolute atomic E-state index is 0.170. The first-order chi connectivity index (χ1) is 12.3. The molecule has 1 unspecified atom stereocenters. The summed E-state index contributed by atoms with van der Waals surface area (Å²) in [4.78, 5) is 38.4. The molecule has 1 atom stereocenters. The van der Waals surface area contributed by atoms with Crippen LogP contribution in [-0.2, 0) is 9.53 Å². The molecule has 6 heteroatoms. The molecule has 1 aromatic carbocycles. The molecule has 138 valence electrons. The van der Waals surface area contributed by atoms with Crippen LogP contribution in [0.4, 0.5) is 0 Å². The van der Waals surface area contributed by atoms with Gasteiger partial charge in [-0.1, -0.05) is 31.5 Å². The summed E-state index contributed by atoms with van der Waals surface area (Å²) in [5, 5.41) is 2.70. The molecule has 1 N–H and O–H groups in total. The lowest BCUT2D eigenvalue weighted by Gasteiger charge is -2.20. The summed E-state index contributed by atoms with van der Waals surface area (Å²) in [6.45, 7) is 7.13. The van der Waals surface area contributed by atoms with E-state index in [4.69, 9.17) is 4.74 Å². The number of aryl methyl sites for hydroxylation is 2. The molecule has 5 nitrogen and oxygen atoms in total. The second-order valence-electron chi connectivity index (χ2n) is 6.50. The maximum Gasteiger partial charge on any atom is 0.329 e. The van der Waals surface area contributed by atoms with Gasteiger partial charge in [-0.2, -0.15) is 0 Å². The molecule has 0 aliphatic heterocycles. The van der Waals surface area contributed by atoms with Crippen molar-refractivity contribution in [1.29, 1.82) is 0 Å². The predicted molar refractivity (Wildman–Crippen MR) is 102 cm³/mol. The molecular formula is C20H23NO4S. The van der Waals surface area contributed by atoms with Crippen LogP contribution >= 0.6 is 11.3 Å². The Bertz CT molecular complexity index is 792. The molecule has 0 radical (unpaired) electrons. The van der Waals surface area contributed by atoms with Crippen LogP contribution in [0.25, 0.3) is 0 Å². The first-order valence-electron chi connectivity index (χ1n) is 8.41. The molecule has 0 bridgehead atoms. The Morgan fingerprint density at radius 1 is 1.04 bits per heavy atom. The minimum atomic E-state index is -0.818. The molecule has 1 aromatic heterocycles. The van der Waals surface area contributed by atoms with Crippen LogP contribution in [0.3, 0.4) is 0 Å². The van der Waals surface area contributed by atoms with E-state index in [0.29, 0.717) is 10.4 Å². The maximum atomic E-state index is 12.4. The highest BCUT2D eigenvalue weighted by Crippen LogP contribution is 2.16. The minimum Gasteiger partial charge on any atom is -0.456 e. The molecule has 0 saturated carbocycles. The SMILES string of the molecule is Cc1ccc(C(=O)NC(C(=O)OCC(=O)c2ccc(C)s2)C(C)C)cc1. The summed E-state index contributed by atoms with van der Waals surface area (Å²) in [6, 6.07) is 9.82. The largest absolute Gasteiger partial charge is 0.456 e. The summed E-state index contributed by atoms with van der Waals surface area (Å²) >= 11 is 1.36. The number of hydrogen-bond acceptors (Lipinski definition) is 5. The zero-order valence-corrected chi connectivity index (χ0v) is 16.2. The fourth-order valence-corrected chi connectivity index (χ4v) is 3.10.